The molecule has 0 unspecified atom stereocenters. The minimum atomic E-state index is 0.528. The van der Waals surface area contributed by atoms with Crippen molar-refractivity contribution >= 4 is 17.4 Å². The molecule has 1 saturated heterocycles. The van der Waals surface area contributed by atoms with Crippen LogP contribution in [0.4, 0.5) is 5.82 Å². The third kappa shape index (κ3) is 2.83. The van der Waals surface area contributed by atoms with Gasteiger partial charge in [-0.25, -0.2) is 9.97 Å². The van der Waals surface area contributed by atoms with Crippen LogP contribution in [0.2, 0.25) is 5.15 Å². The van der Waals surface area contributed by atoms with Crippen molar-refractivity contribution in [3.8, 4) is 0 Å². The fraction of sp³-hybridized carbons (Fsp3) is 0.636. The lowest BCUT2D eigenvalue weighted by Crippen LogP contribution is -2.36. The summed E-state index contributed by atoms with van der Waals surface area (Å²) >= 11 is 6.00. The Morgan fingerprint density at radius 2 is 2.12 bits per heavy atom. The Bertz CT molecular complexity index is 353. The Morgan fingerprint density at radius 3 is 2.81 bits per heavy atom. The fourth-order valence-corrected chi connectivity index (χ4v) is 1.94. The van der Waals surface area contributed by atoms with Crippen molar-refractivity contribution in [1.82, 2.24) is 9.97 Å². The maximum Gasteiger partial charge on any atom is 0.134 e. The summed E-state index contributed by atoms with van der Waals surface area (Å²) in [4.78, 5) is 10.9. The Kier molecular flexibility index (Phi) is 3.96. The molecule has 88 valence electrons. The van der Waals surface area contributed by atoms with Gasteiger partial charge in [-0.2, -0.15) is 0 Å². The molecule has 2 rings (SSSR count). The number of nitrogens with zero attached hydrogens (tertiary/aromatic N) is 3. The number of hydrogen-bond donors (Lipinski definition) is 0. The van der Waals surface area contributed by atoms with Crippen molar-refractivity contribution < 1.29 is 4.74 Å². The summed E-state index contributed by atoms with van der Waals surface area (Å²) in [5.41, 5.74) is 0. The highest BCUT2D eigenvalue weighted by molar-refractivity contribution is 6.29. The molecular weight excluding hydrogens is 226 g/mol. The van der Waals surface area contributed by atoms with Gasteiger partial charge in [0.25, 0.3) is 0 Å². The maximum atomic E-state index is 6.00. The van der Waals surface area contributed by atoms with Crippen LogP contribution in [0.1, 0.15) is 19.2 Å². The molecule has 4 nitrogen and oxygen atoms in total. The first kappa shape index (κ1) is 11.6. The van der Waals surface area contributed by atoms with Crippen LogP contribution in [-0.4, -0.2) is 36.3 Å². The molecule has 16 heavy (non-hydrogen) atoms. The summed E-state index contributed by atoms with van der Waals surface area (Å²) in [5.74, 6) is 1.75. The fourth-order valence-electron chi connectivity index (χ4n) is 1.74. The van der Waals surface area contributed by atoms with Gasteiger partial charge in [-0.15, -0.1) is 0 Å². The molecule has 0 saturated carbocycles. The minimum absolute atomic E-state index is 0.528. The van der Waals surface area contributed by atoms with E-state index >= 15 is 0 Å². The predicted molar refractivity (Wildman–Crippen MR) is 64.1 cm³/mol. The predicted octanol–water partition coefficient (Wildman–Crippen LogP) is 1.92. The molecule has 2 heterocycles. The number of anilines is 1. The van der Waals surface area contributed by atoms with Crippen molar-refractivity contribution in [3.05, 3.63) is 17.0 Å². The van der Waals surface area contributed by atoms with Crippen molar-refractivity contribution in [3.63, 3.8) is 0 Å². The number of rotatable bonds is 3. The van der Waals surface area contributed by atoms with Gasteiger partial charge in [0, 0.05) is 25.6 Å². The number of hydrogen-bond acceptors (Lipinski definition) is 4. The van der Waals surface area contributed by atoms with Gasteiger partial charge >= 0.3 is 0 Å². The molecule has 0 atom stereocenters. The third-order valence-electron chi connectivity index (χ3n) is 2.54. The number of aromatic nitrogens is 2. The van der Waals surface area contributed by atoms with E-state index < -0.39 is 0 Å². The van der Waals surface area contributed by atoms with Gasteiger partial charge in [0.15, 0.2) is 0 Å². The van der Waals surface area contributed by atoms with Crippen LogP contribution >= 0.6 is 11.6 Å². The highest BCUT2D eigenvalue weighted by atomic mass is 35.5. The molecule has 0 aromatic carbocycles. The van der Waals surface area contributed by atoms with Crippen molar-refractivity contribution in [1.29, 1.82) is 0 Å². The van der Waals surface area contributed by atoms with E-state index in [4.69, 9.17) is 16.3 Å². The number of morpholine rings is 1. The molecule has 0 amide bonds. The van der Waals surface area contributed by atoms with Crippen LogP contribution in [0, 0.1) is 0 Å². The molecule has 5 heteroatoms. The van der Waals surface area contributed by atoms with Crippen molar-refractivity contribution in [2.75, 3.05) is 31.2 Å². The molecule has 1 aromatic rings. The Labute approximate surface area is 101 Å². The largest absolute Gasteiger partial charge is 0.378 e. The smallest absolute Gasteiger partial charge is 0.134 e. The van der Waals surface area contributed by atoms with Gasteiger partial charge in [0.1, 0.15) is 16.8 Å². The Hall–Kier alpha value is -0.870. The van der Waals surface area contributed by atoms with Gasteiger partial charge in [-0.1, -0.05) is 18.5 Å². The quantitative estimate of drug-likeness (QED) is 0.758. The number of halogens is 1. The van der Waals surface area contributed by atoms with E-state index in [0.717, 1.165) is 50.8 Å². The second-order valence-electron chi connectivity index (χ2n) is 3.81. The first-order valence-corrected chi connectivity index (χ1v) is 6.03. The van der Waals surface area contributed by atoms with Gasteiger partial charge in [0.05, 0.1) is 13.2 Å². The highest BCUT2D eigenvalue weighted by Crippen LogP contribution is 2.17. The zero-order chi connectivity index (χ0) is 11.4. The Balaban J connectivity index is 2.18. The summed E-state index contributed by atoms with van der Waals surface area (Å²) in [6.45, 7) is 5.37. The summed E-state index contributed by atoms with van der Waals surface area (Å²) < 4.78 is 5.31. The van der Waals surface area contributed by atoms with E-state index in [2.05, 4.69) is 21.8 Å². The second-order valence-corrected chi connectivity index (χ2v) is 4.20. The molecule has 0 spiro atoms. The summed E-state index contributed by atoms with van der Waals surface area (Å²) in [6, 6.07) is 1.83. The number of aryl methyl sites for hydroxylation is 1. The van der Waals surface area contributed by atoms with E-state index in [0.29, 0.717) is 5.15 Å². The molecule has 1 aliphatic heterocycles. The monoisotopic (exact) mass is 241 g/mol. The van der Waals surface area contributed by atoms with Gasteiger partial charge in [0.2, 0.25) is 0 Å². The van der Waals surface area contributed by atoms with Crippen molar-refractivity contribution in [2.45, 2.75) is 19.8 Å². The van der Waals surface area contributed by atoms with Gasteiger partial charge in [-0.3, -0.25) is 0 Å². The lowest BCUT2D eigenvalue weighted by molar-refractivity contribution is 0.122. The van der Waals surface area contributed by atoms with Crippen LogP contribution in [0.3, 0.4) is 0 Å². The molecule has 1 aliphatic rings. The van der Waals surface area contributed by atoms with E-state index in [1.54, 1.807) is 0 Å². The lowest BCUT2D eigenvalue weighted by atomic mass is 10.3. The normalized spacial score (nSPS) is 16.5. The van der Waals surface area contributed by atoms with Crippen LogP contribution in [-0.2, 0) is 11.2 Å². The summed E-state index contributed by atoms with van der Waals surface area (Å²) in [7, 11) is 0. The lowest BCUT2D eigenvalue weighted by Gasteiger charge is -2.28. The Morgan fingerprint density at radius 1 is 1.38 bits per heavy atom. The zero-order valence-electron chi connectivity index (χ0n) is 9.45. The molecule has 1 fully saturated rings. The maximum absolute atomic E-state index is 6.00. The zero-order valence-corrected chi connectivity index (χ0v) is 10.2. The molecule has 1 aromatic heterocycles. The van der Waals surface area contributed by atoms with Gasteiger partial charge in [-0.05, 0) is 6.42 Å². The van der Waals surface area contributed by atoms with E-state index in [9.17, 15) is 0 Å². The van der Waals surface area contributed by atoms with E-state index in [1.165, 1.54) is 0 Å². The molecule has 0 radical (unpaired) electrons. The van der Waals surface area contributed by atoms with Crippen LogP contribution in [0.15, 0.2) is 6.07 Å². The molecule has 0 bridgehead atoms. The van der Waals surface area contributed by atoms with E-state index in [-0.39, 0.29) is 0 Å². The van der Waals surface area contributed by atoms with Gasteiger partial charge < -0.3 is 9.64 Å². The number of ether oxygens (including phenoxy) is 1. The van der Waals surface area contributed by atoms with Crippen LogP contribution < -0.4 is 4.90 Å². The average molecular weight is 242 g/mol. The topological polar surface area (TPSA) is 38.2 Å². The van der Waals surface area contributed by atoms with Crippen LogP contribution in [0.5, 0.6) is 0 Å². The molecular formula is C11H16ClN3O. The summed E-state index contributed by atoms with van der Waals surface area (Å²) in [6.07, 6.45) is 1.90. The standard InChI is InChI=1S/C11H16ClN3O/c1-2-3-10-13-9(12)8-11(14-10)15-4-6-16-7-5-15/h8H,2-7H2,1H3. The second kappa shape index (κ2) is 5.46. The van der Waals surface area contributed by atoms with E-state index in [1.807, 2.05) is 6.07 Å². The summed E-state index contributed by atoms with van der Waals surface area (Å²) in [5, 5.41) is 0.528. The first-order valence-electron chi connectivity index (χ1n) is 5.65. The molecule has 0 N–H and O–H groups in total. The van der Waals surface area contributed by atoms with Crippen LogP contribution in [0.25, 0.3) is 0 Å². The third-order valence-corrected chi connectivity index (χ3v) is 2.73. The average Bonchev–Trinajstić information content (AvgIpc) is 2.30. The highest BCUT2D eigenvalue weighted by Gasteiger charge is 2.14. The SMILES string of the molecule is CCCc1nc(Cl)cc(N2CCOCC2)n1. The molecule has 0 aliphatic carbocycles. The van der Waals surface area contributed by atoms with Crippen molar-refractivity contribution in [2.24, 2.45) is 0 Å². The minimum Gasteiger partial charge on any atom is -0.378 e. The first-order chi connectivity index (χ1) is 7.79.